The molecule has 0 atom stereocenters. The highest BCUT2D eigenvalue weighted by Crippen LogP contribution is 2.29. The van der Waals surface area contributed by atoms with Crippen LogP contribution in [-0.4, -0.2) is 20.4 Å². The molecule has 0 bridgehead atoms. The smallest absolute Gasteiger partial charge is 0.275 e. The Morgan fingerprint density at radius 2 is 2.00 bits per heavy atom. The van der Waals surface area contributed by atoms with E-state index in [2.05, 4.69) is 4.98 Å². The highest BCUT2D eigenvalue weighted by atomic mass is 32.2. The van der Waals surface area contributed by atoms with Crippen LogP contribution in [0.3, 0.4) is 0 Å². The Kier molecular flexibility index (Phi) is 3.27. The summed E-state index contributed by atoms with van der Waals surface area (Å²) in [7, 11) is -2.10. The van der Waals surface area contributed by atoms with Crippen molar-refractivity contribution < 1.29 is 8.42 Å². The molecule has 2 N–H and O–H groups in total. The number of nitrogen functional groups attached to an aromatic ring is 1. The number of benzene rings is 1. The number of hydrogen-bond acceptors (Lipinski definition) is 5. The van der Waals surface area contributed by atoms with Gasteiger partial charge in [0.15, 0.2) is 4.21 Å². The molecule has 7 heteroatoms. The van der Waals surface area contributed by atoms with Crippen molar-refractivity contribution in [3.8, 4) is 0 Å². The lowest BCUT2D eigenvalue weighted by Gasteiger charge is -2.19. The SMILES string of the molecule is Cc1ncc(S(=O)(=O)N(C)c2ccccc2N)s1. The molecule has 0 aliphatic heterocycles. The molecule has 0 fully saturated rings. The van der Waals surface area contributed by atoms with E-state index in [1.165, 1.54) is 17.5 Å². The molecule has 0 unspecified atom stereocenters. The van der Waals surface area contributed by atoms with Crippen molar-refractivity contribution >= 4 is 32.7 Å². The maximum Gasteiger partial charge on any atom is 0.275 e. The van der Waals surface area contributed by atoms with E-state index in [0.29, 0.717) is 16.4 Å². The standard InChI is InChI=1S/C11H13N3O2S2/c1-8-13-7-11(17-8)18(15,16)14(2)10-6-4-3-5-9(10)12/h3-7H,12H2,1-2H3. The van der Waals surface area contributed by atoms with Crippen LogP contribution in [0.15, 0.2) is 34.7 Å². The van der Waals surface area contributed by atoms with E-state index in [9.17, 15) is 8.42 Å². The van der Waals surface area contributed by atoms with Crippen molar-refractivity contribution in [1.29, 1.82) is 0 Å². The van der Waals surface area contributed by atoms with Crippen LogP contribution >= 0.6 is 11.3 Å². The monoisotopic (exact) mass is 283 g/mol. The van der Waals surface area contributed by atoms with Crippen molar-refractivity contribution in [3.63, 3.8) is 0 Å². The van der Waals surface area contributed by atoms with Gasteiger partial charge in [-0.25, -0.2) is 13.4 Å². The average molecular weight is 283 g/mol. The summed E-state index contributed by atoms with van der Waals surface area (Å²) in [5.41, 5.74) is 6.67. The van der Waals surface area contributed by atoms with E-state index in [4.69, 9.17) is 5.73 Å². The largest absolute Gasteiger partial charge is 0.397 e. The molecule has 1 aromatic heterocycles. The highest BCUT2D eigenvalue weighted by Gasteiger charge is 2.24. The van der Waals surface area contributed by atoms with Crippen LogP contribution < -0.4 is 10.0 Å². The van der Waals surface area contributed by atoms with Gasteiger partial charge < -0.3 is 5.73 Å². The number of aromatic nitrogens is 1. The Hall–Kier alpha value is -1.60. The second-order valence-corrected chi connectivity index (χ2v) is 7.16. The number of sulfonamides is 1. The molecule has 2 aromatic rings. The summed E-state index contributed by atoms with van der Waals surface area (Å²) < 4.78 is 26.1. The first-order valence-electron chi connectivity index (χ1n) is 5.19. The lowest BCUT2D eigenvalue weighted by Crippen LogP contribution is -2.26. The van der Waals surface area contributed by atoms with Crippen LogP contribution in [-0.2, 0) is 10.0 Å². The second-order valence-electron chi connectivity index (χ2n) is 3.73. The number of anilines is 2. The molecule has 5 nitrogen and oxygen atoms in total. The zero-order valence-electron chi connectivity index (χ0n) is 9.99. The quantitative estimate of drug-likeness (QED) is 0.872. The predicted molar refractivity (Wildman–Crippen MR) is 73.3 cm³/mol. The zero-order valence-corrected chi connectivity index (χ0v) is 11.6. The van der Waals surface area contributed by atoms with E-state index in [-0.39, 0.29) is 4.21 Å². The minimum atomic E-state index is -3.58. The molecule has 96 valence electrons. The van der Waals surface area contributed by atoms with Gasteiger partial charge in [-0.3, -0.25) is 4.31 Å². The maximum absolute atomic E-state index is 12.3. The van der Waals surface area contributed by atoms with Crippen LogP contribution in [0.4, 0.5) is 11.4 Å². The summed E-state index contributed by atoms with van der Waals surface area (Å²) in [6.07, 6.45) is 1.37. The molecule has 0 aliphatic carbocycles. The molecule has 1 aromatic carbocycles. The first-order valence-corrected chi connectivity index (χ1v) is 7.44. The number of para-hydroxylation sites is 2. The Morgan fingerprint density at radius 3 is 2.56 bits per heavy atom. The van der Waals surface area contributed by atoms with E-state index in [1.54, 1.807) is 31.2 Å². The maximum atomic E-state index is 12.3. The summed E-state index contributed by atoms with van der Waals surface area (Å²) >= 11 is 1.14. The number of hydrogen-bond donors (Lipinski definition) is 1. The molecule has 1 heterocycles. The zero-order chi connectivity index (χ0) is 13.3. The number of nitrogens with two attached hydrogens (primary N) is 1. The van der Waals surface area contributed by atoms with Crippen molar-refractivity contribution in [1.82, 2.24) is 4.98 Å². The topological polar surface area (TPSA) is 76.3 Å². The number of thiazole rings is 1. The van der Waals surface area contributed by atoms with Crippen molar-refractivity contribution in [2.24, 2.45) is 0 Å². The third-order valence-electron chi connectivity index (χ3n) is 2.49. The van der Waals surface area contributed by atoms with Crippen molar-refractivity contribution in [2.75, 3.05) is 17.1 Å². The van der Waals surface area contributed by atoms with E-state index in [1.807, 2.05) is 0 Å². The Morgan fingerprint density at radius 1 is 1.33 bits per heavy atom. The van der Waals surface area contributed by atoms with Crippen molar-refractivity contribution in [2.45, 2.75) is 11.1 Å². The predicted octanol–water partition coefficient (Wildman–Crippen LogP) is 1.86. The fraction of sp³-hybridized carbons (Fsp3) is 0.182. The van der Waals surface area contributed by atoms with Gasteiger partial charge in [0.05, 0.1) is 22.6 Å². The molecule has 18 heavy (non-hydrogen) atoms. The van der Waals surface area contributed by atoms with Gasteiger partial charge in [0.1, 0.15) is 0 Å². The van der Waals surface area contributed by atoms with Crippen LogP contribution in [0.25, 0.3) is 0 Å². The fourth-order valence-electron chi connectivity index (χ4n) is 1.50. The molecule has 0 spiro atoms. The summed E-state index contributed by atoms with van der Waals surface area (Å²) in [4.78, 5) is 3.96. The fourth-order valence-corrected chi connectivity index (χ4v) is 4.00. The molecule has 0 amide bonds. The summed E-state index contributed by atoms with van der Waals surface area (Å²) in [6.45, 7) is 1.76. The minimum absolute atomic E-state index is 0.214. The number of rotatable bonds is 3. The molecular weight excluding hydrogens is 270 g/mol. The number of aryl methyl sites for hydroxylation is 1. The van der Waals surface area contributed by atoms with Crippen molar-refractivity contribution in [3.05, 3.63) is 35.5 Å². The van der Waals surface area contributed by atoms with Gasteiger partial charge in [-0.2, -0.15) is 0 Å². The van der Waals surface area contributed by atoms with Crippen LogP contribution in [0.2, 0.25) is 0 Å². The lowest BCUT2D eigenvalue weighted by atomic mass is 10.3. The molecular formula is C11H13N3O2S2. The Balaban J connectivity index is 2.46. The van der Waals surface area contributed by atoms with Gasteiger partial charge in [0.2, 0.25) is 0 Å². The first-order chi connectivity index (χ1) is 8.43. The Labute approximate surface area is 110 Å². The van der Waals surface area contributed by atoms with Crippen LogP contribution in [0, 0.1) is 6.92 Å². The van der Waals surface area contributed by atoms with E-state index < -0.39 is 10.0 Å². The van der Waals surface area contributed by atoms with Gasteiger partial charge in [-0.1, -0.05) is 12.1 Å². The van der Waals surface area contributed by atoms with Gasteiger partial charge >= 0.3 is 0 Å². The summed E-state index contributed by atoms with van der Waals surface area (Å²) in [5, 5.41) is 0.711. The van der Waals surface area contributed by atoms with Crippen LogP contribution in [0.5, 0.6) is 0 Å². The van der Waals surface area contributed by atoms with Gasteiger partial charge in [-0.15, -0.1) is 11.3 Å². The molecule has 0 radical (unpaired) electrons. The summed E-state index contributed by atoms with van der Waals surface area (Å²) in [5.74, 6) is 0. The van der Waals surface area contributed by atoms with E-state index in [0.717, 1.165) is 11.3 Å². The molecule has 2 rings (SSSR count). The highest BCUT2D eigenvalue weighted by molar-refractivity contribution is 7.94. The van der Waals surface area contributed by atoms with Crippen LogP contribution in [0.1, 0.15) is 5.01 Å². The Bertz CT molecular complexity index is 664. The minimum Gasteiger partial charge on any atom is -0.397 e. The normalized spacial score (nSPS) is 11.4. The lowest BCUT2D eigenvalue weighted by molar-refractivity contribution is 0.596. The average Bonchev–Trinajstić information content (AvgIpc) is 2.76. The third kappa shape index (κ3) is 2.19. The van der Waals surface area contributed by atoms with Gasteiger partial charge in [0.25, 0.3) is 10.0 Å². The third-order valence-corrected chi connectivity index (χ3v) is 5.61. The summed E-state index contributed by atoms with van der Waals surface area (Å²) in [6, 6.07) is 6.84. The molecule has 0 saturated carbocycles. The number of nitrogens with zero attached hydrogens (tertiary/aromatic N) is 2. The van der Waals surface area contributed by atoms with Gasteiger partial charge in [0, 0.05) is 7.05 Å². The first kappa shape index (κ1) is 12.8. The molecule has 0 aliphatic rings. The molecule has 0 saturated heterocycles. The van der Waals surface area contributed by atoms with E-state index >= 15 is 0 Å². The second kappa shape index (κ2) is 4.58. The van der Waals surface area contributed by atoms with Gasteiger partial charge in [-0.05, 0) is 19.1 Å².